The Kier molecular flexibility index (Phi) is 5.11. The van der Waals surface area contributed by atoms with E-state index in [0.29, 0.717) is 23.0 Å². The van der Waals surface area contributed by atoms with Gasteiger partial charge in [0.1, 0.15) is 5.58 Å². The SMILES string of the molecule is CC(C)C(CNCc1c(Cl)oc2ccccc12)C(C)C. The van der Waals surface area contributed by atoms with Crippen LogP contribution in [0.3, 0.4) is 0 Å². The summed E-state index contributed by atoms with van der Waals surface area (Å²) in [5, 5.41) is 5.15. The zero-order chi connectivity index (χ0) is 14.7. The predicted octanol–water partition coefficient (Wildman–Crippen LogP) is 5.10. The van der Waals surface area contributed by atoms with Gasteiger partial charge in [0.05, 0.1) is 0 Å². The second-order valence-corrected chi connectivity index (χ2v) is 6.48. The molecule has 0 bridgehead atoms. The number of nitrogens with one attached hydrogen (secondary N) is 1. The number of furan rings is 1. The van der Waals surface area contributed by atoms with E-state index in [4.69, 9.17) is 16.0 Å². The predicted molar refractivity (Wildman–Crippen MR) is 86.1 cm³/mol. The quantitative estimate of drug-likeness (QED) is 0.801. The molecule has 0 atom stereocenters. The Morgan fingerprint density at radius 3 is 2.40 bits per heavy atom. The molecule has 20 heavy (non-hydrogen) atoms. The van der Waals surface area contributed by atoms with Crippen molar-refractivity contribution in [3.8, 4) is 0 Å². The molecule has 0 spiro atoms. The first-order valence-corrected chi connectivity index (χ1v) is 7.75. The lowest BCUT2D eigenvalue weighted by Gasteiger charge is -2.25. The molecule has 1 N–H and O–H groups in total. The van der Waals surface area contributed by atoms with Gasteiger partial charge in [-0.1, -0.05) is 45.9 Å². The Morgan fingerprint density at radius 1 is 1.10 bits per heavy atom. The number of hydrogen-bond acceptors (Lipinski definition) is 2. The summed E-state index contributed by atoms with van der Waals surface area (Å²) >= 11 is 6.20. The number of para-hydroxylation sites is 1. The Bertz CT molecular complexity index is 551. The van der Waals surface area contributed by atoms with Crippen LogP contribution in [0, 0.1) is 17.8 Å². The van der Waals surface area contributed by atoms with Crippen LogP contribution in [0.5, 0.6) is 0 Å². The molecule has 1 heterocycles. The fraction of sp³-hybridized carbons (Fsp3) is 0.529. The van der Waals surface area contributed by atoms with Crippen LogP contribution in [0.4, 0.5) is 0 Å². The van der Waals surface area contributed by atoms with Gasteiger partial charge < -0.3 is 9.73 Å². The summed E-state index contributed by atoms with van der Waals surface area (Å²) in [4.78, 5) is 0. The number of halogens is 1. The van der Waals surface area contributed by atoms with Crippen LogP contribution in [-0.4, -0.2) is 6.54 Å². The van der Waals surface area contributed by atoms with Crippen LogP contribution < -0.4 is 5.32 Å². The van der Waals surface area contributed by atoms with Gasteiger partial charge in [0.15, 0.2) is 5.22 Å². The van der Waals surface area contributed by atoms with Crippen molar-refractivity contribution in [2.45, 2.75) is 34.2 Å². The minimum absolute atomic E-state index is 0.504. The molecule has 2 rings (SSSR count). The normalized spacial score (nSPS) is 12.2. The van der Waals surface area contributed by atoms with Crippen molar-refractivity contribution in [1.82, 2.24) is 5.32 Å². The molecular weight excluding hydrogens is 270 g/mol. The molecule has 0 aliphatic heterocycles. The van der Waals surface area contributed by atoms with Crippen LogP contribution in [-0.2, 0) is 6.54 Å². The lowest BCUT2D eigenvalue weighted by molar-refractivity contribution is 0.275. The highest BCUT2D eigenvalue weighted by Crippen LogP contribution is 2.29. The Balaban J connectivity index is 2.04. The van der Waals surface area contributed by atoms with Crippen molar-refractivity contribution in [1.29, 1.82) is 0 Å². The average molecular weight is 294 g/mol. The summed E-state index contributed by atoms with van der Waals surface area (Å²) in [6, 6.07) is 8.00. The zero-order valence-electron chi connectivity index (χ0n) is 12.7. The first-order chi connectivity index (χ1) is 9.50. The molecule has 0 saturated heterocycles. The third-order valence-electron chi connectivity index (χ3n) is 4.04. The standard InChI is InChI=1S/C17H24ClNO/c1-11(2)14(12(3)4)9-19-10-15-13-7-5-6-8-16(13)20-17(15)18/h5-8,11-12,14,19H,9-10H2,1-4H3. The van der Waals surface area contributed by atoms with Gasteiger partial charge in [-0.15, -0.1) is 0 Å². The van der Waals surface area contributed by atoms with Crippen molar-refractivity contribution in [3.63, 3.8) is 0 Å². The van der Waals surface area contributed by atoms with Gasteiger partial charge in [0.2, 0.25) is 0 Å². The summed E-state index contributed by atoms with van der Waals surface area (Å²) in [5.41, 5.74) is 1.92. The maximum atomic E-state index is 6.20. The highest BCUT2D eigenvalue weighted by Gasteiger charge is 2.18. The van der Waals surface area contributed by atoms with Gasteiger partial charge in [-0.2, -0.15) is 0 Å². The molecule has 0 amide bonds. The largest absolute Gasteiger partial charge is 0.444 e. The van der Waals surface area contributed by atoms with E-state index in [1.54, 1.807) is 0 Å². The van der Waals surface area contributed by atoms with Gasteiger partial charge in [0, 0.05) is 17.5 Å². The molecule has 0 aliphatic carbocycles. The maximum Gasteiger partial charge on any atom is 0.199 e. The van der Waals surface area contributed by atoms with Crippen molar-refractivity contribution in [2.24, 2.45) is 17.8 Å². The van der Waals surface area contributed by atoms with Crippen molar-refractivity contribution >= 4 is 22.6 Å². The smallest absolute Gasteiger partial charge is 0.199 e. The molecule has 110 valence electrons. The monoisotopic (exact) mass is 293 g/mol. The Hall–Kier alpha value is -0.990. The Morgan fingerprint density at radius 2 is 1.75 bits per heavy atom. The molecular formula is C17H24ClNO. The third-order valence-corrected chi connectivity index (χ3v) is 4.35. The summed E-state index contributed by atoms with van der Waals surface area (Å²) in [5.74, 6) is 2.03. The van der Waals surface area contributed by atoms with Crippen LogP contribution in [0.2, 0.25) is 5.22 Å². The van der Waals surface area contributed by atoms with Crippen molar-refractivity contribution in [3.05, 3.63) is 35.0 Å². The highest BCUT2D eigenvalue weighted by atomic mass is 35.5. The van der Waals surface area contributed by atoms with E-state index in [-0.39, 0.29) is 0 Å². The van der Waals surface area contributed by atoms with E-state index in [2.05, 4.69) is 39.1 Å². The summed E-state index contributed by atoms with van der Waals surface area (Å²) in [6.07, 6.45) is 0. The van der Waals surface area contributed by atoms with Crippen LogP contribution in [0.25, 0.3) is 11.0 Å². The van der Waals surface area contributed by atoms with Crippen molar-refractivity contribution < 1.29 is 4.42 Å². The maximum absolute atomic E-state index is 6.20. The van der Waals surface area contributed by atoms with Crippen LogP contribution in [0.15, 0.2) is 28.7 Å². The molecule has 1 aromatic carbocycles. The van der Waals surface area contributed by atoms with E-state index in [0.717, 1.165) is 29.6 Å². The fourth-order valence-electron chi connectivity index (χ4n) is 2.84. The van der Waals surface area contributed by atoms with Gasteiger partial charge in [0.25, 0.3) is 0 Å². The summed E-state index contributed by atoms with van der Waals surface area (Å²) in [7, 11) is 0. The molecule has 0 aliphatic rings. The van der Waals surface area contributed by atoms with Crippen LogP contribution >= 0.6 is 11.6 Å². The second kappa shape index (κ2) is 6.64. The molecule has 2 aromatic rings. The fourth-order valence-corrected chi connectivity index (χ4v) is 3.09. The molecule has 3 heteroatoms. The number of fused-ring (bicyclic) bond motifs is 1. The lowest BCUT2D eigenvalue weighted by Crippen LogP contribution is -2.29. The minimum Gasteiger partial charge on any atom is -0.444 e. The van der Waals surface area contributed by atoms with Gasteiger partial charge in [-0.25, -0.2) is 0 Å². The van der Waals surface area contributed by atoms with E-state index in [9.17, 15) is 0 Å². The molecule has 0 fully saturated rings. The lowest BCUT2D eigenvalue weighted by atomic mass is 9.85. The summed E-state index contributed by atoms with van der Waals surface area (Å²) < 4.78 is 5.58. The van der Waals surface area contributed by atoms with Crippen molar-refractivity contribution in [2.75, 3.05) is 6.54 Å². The van der Waals surface area contributed by atoms with E-state index in [1.165, 1.54) is 0 Å². The van der Waals surface area contributed by atoms with Crippen LogP contribution in [0.1, 0.15) is 33.3 Å². The molecule has 0 saturated carbocycles. The molecule has 1 aromatic heterocycles. The zero-order valence-corrected chi connectivity index (χ0v) is 13.5. The number of hydrogen-bond donors (Lipinski definition) is 1. The first kappa shape index (κ1) is 15.4. The molecule has 2 nitrogen and oxygen atoms in total. The van der Waals surface area contributed by atoms with E-state index < -0.39 is 0 Å². The van der Waals surface area contributed by atoms with E-state index in [1.807, 2.05) is 18.2 Å². The van der Waals surface area contributed by atoms with Gasteiger partial charge >= 0.3 is 0 Å². The second-order valence-electron chi connectivity index (χ2n) is 6.13. The number of rotatable bonds is 6. The first-order valence-electron chi connectivity index (χ1n) is 7.37. The average Bonchev–Trinajstić information content (AvgIpc) is 2.69. The van der Waals surface area contributed by atoms with E-state index >= 15 is 0 Å². The highest BCUT2D eigenvalue weighted by molar-refractivity contribution is 6.30. The number of benzene rings is 1. The summed E-state index contributed by atoms with van der Waals surface area (Å²) in [6.45, 7) is 10.9. The van der Waals surface area contributed by atoms with Gasteiger partial charge in [-0.05, 0) is 42.0 Å². The van der Waals surface area contributed by atoms with Gasteiger partial charge in [-0.3, -0.25) is 0 Å². The topological polar surface area (TPSA) is 25.2 Å². The Labute approximate surface area is 126 Å². The minimum atomic E-state index is 0.504. The molecule has 0 radical (unpaired) electrons. The third kappa shape index (κ3) is 3.36. The molecule has 0 unspecified atom stereocenters.